The van der Waals surface area contributed by atoms with Crippen LogP contribution in [0.1, 0.15) is 63.9 Å². The third-order valence-corrected chi connectivity index (χ3v) is 4.82. The number of carbonyl (C=O) groups excluding carboxylic acids is 2. The first-order chi connectivity index (χ1) is 14.1. The van der Waals surface area contributed by atoms with Gasteiger partial charge in [-0.25, -0.2) is 9.78 Å². The van der Waals surface area contributed by atoms with Crippen molar-refractivity contribution in [3.8, 4) is 5.88 Å². The molecule has 0 radical (unpaired) electrons. The number of anilines is 1. The molecule has 2 aromatic rings. The van der Waals surface area contributed by atoms with E-state index in [4.69, 9.17) is 9.47 Å². The summed E-state index contributed by atoms with van der Waals surface area (Å²) in [6, 6.07) is 3.30. The first kappa shape index (κ1) is 22.8. The number of pyridine rings is 1. The number of benzene rings is 1. The van der Waals surface area contributed by atoms with Crippen LogP contribution in [0.15, 0.2) is 18.2 Å². The molecule has 1 aliphatic rings. The van der Waals surface area contributed by atoms with Gasteiger partial charge >= 0.3 is 12.3 Å². The highest BCUT2D eigenvalue weighted by atomic mass is 19.4. The lowest BCUT2D eigenvalue weighted by atomic mass is 9.85. The topological polar surface area (TPSA) is 68.7 Å². The Balaban J connectivity index is 2.30. The standard InChI is InChI=1S/C22H25F3N2O4/c1-7-30-18-9-14(22(23,24)25)12-8-13-16(10-15(12)26-18)27(19(29)31-20(2,3)4)21(5,6)11-17(13)28/h8-10H,7,11H2,1-6H3. The van der Waals surface area contributed by atoms with Crippen LogP contribution in [0.25, 0.3) is 10.9 Å². The lowest BCUT2D eigenvalue weighted by molar-refractivity contribution is -0.136. The highest BCUT2D eigenvalue weighted by Gasteiger charge is 2.44. The molecule has 2 heterocycles. The van der Waals surface area contributed by atoms with Gasteiger partial charge in [0, 0.05) is 23.4 Å². The van der Waals surface area contributed by atoms with E-state index in [1.165, 1.54) is 11.0 Å². The SMILES string of the molecule is CCOc1cc(C(F)(F)F)c2cc3c(cc2n1)N(C(=O)OC(C)(C)C)C(C)(C)CC3=O. The minimum atomic E-state index is -4.68. The maximum absolute atomic E-state index is 13.7. The molecule has 9 heteroatoms. The van der Waals surface area contributed by atoms with Gasteiger partial charge in [0.15, 0.2) is 5.78 Å². The van der Waals surface area contributed by atoms with Crippen LogP contribution in [0.3, 0.4) is 0 Å². The zero-order valence-electron chi connectivity index (χ0n) is 18.3. The molecule has 0 N–H and O–H groups in total. The fraction of sp³-hybridized carbons (Fsp3) is 0.500. The van der Waals surface area contributed by atoms with E-state index in [9.17, 15) is 22.8 Å². The molecular weight excluding hydrogens is 413 g/mol. The molecule has 6 nitrogen and oxygen atoms in total. The van der Waals surface area contributed by atoms with E-state index in [1.54, 1.807) is 41.5 Å². The van der Waals surface area contributed by atoms with Gasteiger partial charge in [-0.3, -0.25) is 9.69 Å². The molecular formula is C22H25F3N2O4. The van der Waals surface area contributed by atoms with Crippen molar-refractivity contribution in [2.24, 2.45) is 0 Å². The maximum atomic E-state index is 13.7. The van der Waals surface area contributed by atoms with E-state index in [2.05, 4.69) is 4.98 Å². The van der Waals surface area contributed by atoms with E-state index < -0.39 is 29.0 Å². The summed E-state index contributed by atoms with van der Waals surface area (Å²) in [4.78, 5) is 31.3. The van der Waals surface area contributed by atoms with E-state index in [-0.39, 0.29) is 46.8 Å². The van der Waals surface area contributed by atoms with Gasteiger partial charge in [0.1, 0.15) is 5.60 Å². The van der Waals surface area contributed by atoms with Crippen molar-refractivity contribution in [2.45, 2.75) is 65.3 Å². The van der Waals surface area contributed by atoms with Crippen LogP contribution in [-0.2, 0) is 10.9 Å². The zero-order valence-corrected chi connectivity index (χ0v) is 18.3. The molecule has 1 aliphatic heterocycles. The van der Waals surface area contributed by atoms with E-state index in [0.717, 1.165) is 12.1 Å². The molecule has 0 bridgehead atoms. The summed E-state index contributed by atoms with van der Waals surface area (Å²) < 4.78 is 51.9. The van der Waals surface area contributed by atoms with Crippen molar-refractivity contribution in [1.82, 2.24) is 4.98 Å². The van der Waals surface area contributed by atoms with Crippen molar-refractivity contribution >= 4 is 28.5 Å². The number of aromatic nitrogens is 1. The summed E-state index contributed by atoms with van der Waals surface area (Å²) in [7, 11) is 0. The molecule has 1 aromatic carbocycles. The first-order valence-electron chi connectivity index (χ1n) is 9.89. The van der Waals surface area contributed by atoms with Crippen LogP contribution in [0.5, 0.6) is 5.88 Å². The number of nitrogens with zero attached hydrogens (tertiary/aromatic N) is 2. The quantitative estimate of drug-likeness (QED) is 0.596. The number of carbonyl (C=O) groups is 2. The fourth-order valence-electron chi connectivity index (χ4n) is 3.65. The largest absolute Gasteiger partial charge is 0.478 e. The minimum absolute atomic E-state index is 0.0224. The Hall–Kier alpha value is -2.84. The Morgan fingerprint density at radius 3 is 2.39 bits per heavy atom. The maximum Gasteiger partial charge on any atom is 0.417 e. The van der Waals surface area contributed by atoms with Gasteiger partial charge < -0.3 is 9.47 Å². The van der Waals surface area contributed by atoms with Crippen LogP contribution in [0.4, 0.5) is 23.7 Å². The third kappa shape index (κ3) is 4.45. The molecule has 0 aliphatic carbocycles. The van der Waals surface area contributed by atoms with Gasteiger partial charge in [-0.05, 0) is 53.7 Å². The first-order valence-corrected chi connectivity index (χ1v) is 9.89. The summed E-state index contributed by atoms with van der Waals surface area (Å²) in [5.41, 5.74) is -2.53. The van der Waals surface area contributed by atoms with Crippen LogP contribution >= 0.6 is 0 Å². The summed E-state index contributed by atoms with van der Waals surface area (Å²) in [6.45, 7) is 10.3. The molecule has 3 rings (SSSR count). The third-order valence-electron chi connectivity index (χ3n) is 4.82. The summed E-state index contributed by atoms with van der Waals surface area (Å²) in [5.74, 6) is -0.545. The molecule has 1 amide bonds. The van der Waals surface area contributed by atoms with E-state index >= 15 is 0 Å². The van der Waals surface area contributed by atoms with Gasteiger partial charge in [0.25, 0.3) is 0 Å². The summed E-state index contributed by atoms with van der Waals surface area (Å²) >= 11 is 0. The van der Waals surface area contributed by atoms with Crippen LogP contribution < -0.4 is 9.64 Å². The number of ketones is 1. The van der Waals surface area contributed by atoms with E-state index in [1.807, 2.05) is 0 Å². The molecule has 0 unspecified atom stereocenters. The second kappa shape index (κ2) is 7.39. The second-order valence-electron chi connectivity index (χ2n) is 9.05. The Morgan fingerprint density at radius 2 is 1.84 bits per heavy atom. The number of ether oxygens (including phenoxy) is 2. The molecule has 0 saturated carbocycles. The van der Waals surface area contributed by atoms with Gasteiger partial charge in [0.2, 0.25) is 5.88 Å². The fourth-order valence-corrected chi connectivity index (χ4v) is 3.65. The molecule has 0 spiro atoms. The number of rotatable bonds is 2. The summed E-state index contributed by atoms with van der Waals surface area (Å²) in [5, 5.41) is -0.230. The minimum Gasteiger partial charge on any atom is -0.478 e. The van der Waals surface area contributed by atoms with Crippen molar-refractivity contribution in [3.05, 3.63) is 29.3 Å². The Labute approximate surface area is 178 Å². The van der Waals surface area contributed by atoms with Gasteiger partial charge in [-0.1, -0.05) is 0 Å². The number of amides is 1. The average Bonchev–Trinajstić information content (AvgIpc) is 2.56. The second-order valence-corrected chi connectivity index (χ2v) is 9.05. The van der Waals surface area contributed by atoms with Gasteiger partial charge in [-0.2, -0.15) is 13.2 Å². The Morgan fingerprint density at radius 1 is 1.19 bits per heavy atom. The number of Topliss-reactive ketones (excluding diaryl/α,β-unsaturated/α-hetero) is 1. The lowest BCUT2D eigenvalue weighted by Gasteiger charge is -2.42. The predicted molar refractivity (Wildman–Crippen MR) is 110 cm³/mol. The van der Waals surface area contributed by atoms with Gasteiger partial charge in [-0.15, -0.1) is 0 Å². The predicted octanol–water partition coefficient (Wildman–Crippen LogP) is 5.76. The molecule has 0 fully saturated rings. The smallest absolute Gasteiger partial charge is 0.417 e. The number of fused-ring (bicyclic) bond motifs is 2. The monoisotopic (exact) mass is 438 g/mol. The van der Waals surface area contributed by atoms with Gasteiger partial charge in [0.05, 0.1) is 28.9 Å². The number of hydrogen-bond donors (Lipinski definition) is 0. The molecule has 1 aromatic heterocycles. The molecule has 168 valence electrons. The van der Waals surface area contributed by atoms with Crippen LogP contribution in [0, 0.1) is 0 Å². The average molecular weight is 438 g/mol. The highest BCUT2D eigenvalue weighted by molar-refractivity contribution is 6.12. The normalized spacial score (nSPS) is 16.3. The zero-order chi connectivity index (χ0) is 23.4. The highest BCUT2D eigenvalue weighted by Crippen LogP contribution is 2.43. The lowest BCUT2D eigenvalue weighted by Crippen LogP contribution is -2.54. The Kier molecular flexibility index (Phi) is 5.44. The van der Waals surface area contributed by atoms with Crippen molar-refractivity contribution < 1.29 is 32.2 Å². The number of alkyl halides is 3. The van der Waals surface area contributed by atoms with Crippen molar-refractivity contribution in [2.75, 3.05) is 11.5 Å². The van der Waals surface area contributed by atoms with Crippen molar-refractivity contribution in [1.29, 1.82) is 0 Å². The summed E-state index contributed by atoms with van der Waals surface area (Å²) in [6.07, 6.45) is -5.43. The van der Waals surface area contributed by atoms with Crippen LogP contribution in [0.2, 0.25) is 0 Å². The number of hydrogen-bond acceptors (Lipinski definition) is 5. The molecule has 31 heavy (non-hydrogen) atoms. The van der Waals surface area contributed by atoms with Crippen molar-refractivity contribution in [3.63, 3.8) is 0 Å². The van der Waals surface area contributed by atoms with Crippen LogP contribution in [-0.4, -0.2) is 34.6 Å². The van der Waals surface area contributed by atoms with E-state index in [0.29, 0.717) is 0 Å². The molecule has 0 atom stereocenters. The Bertz CT molecular complexity index is 1060. The molecule has 0 saturated heterocycles. The number of halogens is 3.